The molecule has 0 heterocycles. The van der Waals surface area contributed by atoms with Crippen LogP contribution in [0.2, 0.25) is 0 Å². The molecule has 12 heavy (non-hydrogen) atoms. The Labute approximate surface area is 78.8 Å². The van der Waals surface area contributed by atoms with Crippen LogP contribution < -0.4 is 10.0 Å². The molecule has 2 N–H and O–H groups in total. The molecule has 3 nitrogen and oxygen atoms in total. The van der Waals surface area contributed by atoms with E-state index in [-0.39, 0.29) is 5.91 Å². The molecule has 1 amide bonds. The molecule has 0 aromatic heterocycles. The van der Waals surface area contributed by atoms with Crippen molar-refractivity contribution in [3.05, 3.63) is 0 Å². The molecule has 1 rings (SSSR count). The van der Waals surface area contributed by atoms with Gasteiger partial charge in [0.2, 0.25) is 5.91 Å². The molecule has 1 aliphatic rings. The zero-order valence-electron chi connectivity index (χ0n) is 7.34. The molecule has 1 saturated carbocycles. The Balaban J connectivity index is 2.35. The van der Waals surface area contributed by atoms with E-state index in [1.54, 1.807) is 6.92 Å². The summed E-state index contributed by atoms with van der Waals surface area (Å²) in [6.45, 7) is 2.46. The minimum Gasteiger partial charge on any atom is -0.353 e. The van der Waals surface area contributed by atoms with Gasteiger partial charge in [-0.1, -0.05) is 19.2 Å². The van der Waals surface area contributed by atoms with Crippen molar-refractivity contribution in [2.75, 3.05) is 6.54 Å². The number of thiol groups is 1. The molecular weight excluding hydrogens is 172 g/mol. The van der Waals surface area contributed by atoms with Gasteiger partial charge in [-0.05, 0) is 18.8 Å². The lowest BCUT2D eigenvalue weighted by atomic mass is 10.0. The van der Waals surface area contributed by atoms with Gasteiger partial charge >= 0.3 is 0 Å². The van der Waals surface area contributed by atoms with Crippen LogP contribution in [0.15, 0.2) is 0 Å². The number of carbonyl (C=O) groups is 1. The summed E-state index contributed by atoms with van der Waals surface area (Å²) in [7, 11) is 0. The first-order valence-corrected chi connectivity index (χ1v) is 4.83. The normalized spacial score (nSPS) is 28.8. The van der Waals surface area contributed by atoms with Gasteiger partial charge in [0.15, 0.2) is 0 Å². The second kappa shape index (κ2) is 4.72. The fourth-order valence-electron chi connectivity index (χ4n) is 1.85. The Kier molecular flexibility index (Phi) is 3.88. The molecule has 0 bridgehead atoms. The van der Waals surface area contributed by atoms with Gasteiger partial charge in [0.05, 0.1) is 0 Å². The number of amides is 1. The first-order valence-electron chi connectivity index (χ1n) is 4.38. The lowest BCUT2D eigenvalue weighted by molar-refractivity contribution is -0.119. The number of nitrogens with one attached hydrogen (secondary N) is 2. The summed E-state index contributed by atoms with van der Waals surface area (Å²) in [5.74, 6) is 0.637. The number of hydrogen-bond acceptors (Lipinski definition) is 3. The van der Waals surface area contributed by atoms with Crippen molar-refractivity contribution in [1.29, 1.82) is 0 Å². The van der Waals surface area contributed by atoms with E-state index < -0.39 is 0 Å². The van der Waals surface area contributed by atoms with E-state index in [4.69, 9.17) is 0 Å². The van der Waals surface area contributed by atoms with Gasteiger partial charge in [-0.3, -0.25) is 9.52 Å². The third kappa shape index (κ3) is 2.68. The fourth-order valence-corrected chi connectivity index (χ4v) is 2.08. The molecule has 0 spiro atoms. The molecule has 0 radical (unpaired) electrons. The lowest BCUT2D eigenvalue weighted by Crippen LogP contribution is -2.38. The predicted molar refractivity (Wildman–Crippen MR) is 51.9 cm³/mol. The van der Waals surface area contributed by atoms with Crippen LogP contribution in [0.25, 0.3) is 0 Å². The highest BCUT2D eigenvalue weighted by atomic mass is 32.1. The maximum Gasteiger partial charge on any atom is 0.217 e. The van der Waals surface area contributed by atoms with Gasteiger partial charge in [0.1, 0.15) is 0 Å². The van der Waals surface area contributed by atoms with Crippen LogP contribution in [0, 0.1) is 5.92 Å². The zero-order valence-corrected chi connectivity index (χ0v) is 8.23. The standard InChI is InChI=1S/C8H16N2OS/c1-6(11)10-8-4-2-3-7(8)5-9-12/h7-9,12H,2-5H2,1H3,(H,10,11)/t7-,8-/m1/s1. The first kappa shape index (κ1) is 9.86. The Morgan fingerprint density at radius 2 is 2.33 bits per heavy atom. The number of rotatable bonds is 3. The third-order valence-corrected chi connectivity index (χ3v) is 2.58. The van der Waals surface area contributed by atoms with Gasteiger partial charge in [-0.2, -0.15) is 0 Å². The van der Waals surface area contributed by atoms with Gasteiger partial charge in [0.25, 0.3) is 0 Å². The highest BCUT2D eigenvalue weighted by Crippen LogP contribution is 2.24. The molecule has 2 atom stereocenters. The summed E-state index contributed by atoms with van der Waals surface area (Å²) in [5.41, 5.74) is 0. The predicted octanol–water partition coefficient (Wildman–Crippen LogP) is 0.726. The largest absolute Gasteiger partial charge is 0.353 e. The minimum atomic E-state index is 0.0751. The summed E-state index contributed by atoms with van der Waals surface area (Å²) in [5, 5.41) is 2.96. The molecule has 0 aromatic carbocycles. The molecule has 0 unspecified atom stereocenters. The monoisotopic (exact) mass is 188 g/mol. The van der Waals surface area contributed by atoms with Crippen molar-refractivity contribution in [1.82, 2.24) is 10.0 Å². The lowest BCUT2D eigenvalue weighted by Gasteiger charge is -2.19. The Morgan fingerprint density at radius 3 is 2.92 bits per heavy atom. The molecule has 1 aliphatic carbocycles. The van der Waals surface area contributed by atoms with E-state index in [1.807, 2.05) is 0 Å². The molecule has 0 saturated heterocycles. The van der Waals surface area contributed by atoms with Crippen LogP contribution in [0.3, 0.4) is 0 Å². The van der Waals surface area contributed by atoms with Crippen molar-refractivity contribution in [3.63, 3.8) is 0 Å². The molecule has 0 aliphatic heterocycles. The van der Waals surface area contributed by atoms with Crippen LogP contribution in [0.4, 0.5) is 0 Å². The molecule has 0 aromatic rings. The Hall–Kier alpha value is -0.220. The van der Waals surface area contributed by atoms with Crippen LogP contribution in [0.1, 0.15) is 26.2 Å². The van der Waals surface area contributed by atoms with E-state index in [1.165, 1.54) is 12.8 Å². The minimum absolute atomic E-state index is 0.0751. The second-order valence-corrected chi connectivity index (χ2v) is 3.68. The molecular formula is C8H16N2OS. The average Bonchev–Trinajstić information content (AvgIpc) is 2.37. The second-order valence-electron chi connectivity index (χ2n) is 3.36. The smallest absolute Gasteiger partial charge is 0.217 e. The van der Waals surface area contributed by atoms with Crippen LogP contribution in [-0.4, -0.2) is 18.5 Å². The van der Waals surface area contributed by atoms with Gasteiger partial charge in [0, 0.05) is 19.5 Å². The Bertz CT molecular complexity index is 163. The van der Waals surface area contributed by atoms with Gasteiger partial charge < -0.3 is 5.32 Å². The van der Waals surface area contributed by atoms with E-state index >= 15 is 0 Å². The fraction of sp³-hybridized carbons (Fsp3) is 0.875. The van der Waals surface area contributed by atoms with E-state index in [0.717, 1.165) is 13.0 Å². The average molecular weight is 188 g/mol. The summed E-state index contributed by atoms with van der Waals surface area (Å²) < 4.78 is 2.86. The first-order chi connectivity index (χ1) is 5.74. The number of hydrogen-bond donors (Lipinski definition) is 3. The number of carbonyl (C=O) groups excluding carboxylic acids is 1. The Morgan fingerprint density at radius 1 is 1.58 bits per heavy atom. The topological polar surface area (TPSA) is 41.1 Å². The maximum absolute atomic E-state index is 10.8. The van der Waals surface area contributed by atoms with E-state index in [0.29, 0.717) is 12.0 Å². The molecule has 70 valence electrons. The van der Waals surface area contributed by atoms with Crippen molar-refractivity contribution in [3.8, 4) is 0 Å². The van der Waals surface area contributed by atoms with Crippen LogP contribution >= 0.6 is 12.8 Å². The molecule has 4 heteroatoms. The highest BCUT2D eigenvalue weighted by Gasteiger charge is 2.26. The van der Waals surface area contributed by atoms with E-state index in [2.05, 4.69) is 22.9 Å². The quantitative estimate of drug-likeness (QED) is 0.571. The van der Waals surface area contributed by atoms with Crippen molar-refractivity contribution in [2.24, 2.45) is 5.92 Å². The van der Waals surface area contributed by atoms with Gasteiger partial charge in [-0.25, -0.2) is 0 Å². The molecule has 1 fully saturated rings. The summed E-state index contributed by atoms with van der Waals surface area (Å²) in [4.78, 5) is 10.8. The highest BCUT2D eigenvalue weighted by molar-refractivity contribution is 7.78. The van der Waals surface area contributed by atoms with Crippen molar-refractivity contribution < 1.29 is 4.79 Å². The van der Waals surface area contributed by atoms with E-state index in [9.17, 15) is 4.79 Å². The van der Waals surface area contributed by atoms with Gasteiger partial charge in [-0.15, -0.1) is 0 Å². The SMILES string of the molecule is CC(=O)N[C@@H]1CCC[C@@H]1CNS. The van der Waals surface area contributed by atoms with Crippen LogP contribution in [0.5, 0.6) is 0 Å². The maximum atomic E-state index is 10.8. The summed E-state index contributed by atoms with van der Waals surface area (Å²) in [6, 6.07) is 0.363. The third-order valence-electron chi connectivity index (χ3n) is 2.40. The van der Waals surface area contributed by atoms with Crippen molar-refractivity contribution >= 4 is 18.7 Å². The summed E-state index contributed by atoms with van der Waals surface area (Å²) >= 11 is 3.96. The zero-order chi connectivity index (χ0) is 8.97. The summed E-state index contributed by atoms with van der Waals surface area (Å²) in [6.07, 6.45) is 3.52. The van der Waals surface area contributed by atoms with Crippen LogP contribution in [-0.2, 0) is 4.79 Å². The van der Waals surface area contributed by atoms with Crippen molar-refractivity contribution in [2.45, 2.75) is 32.2 Å².